The van der Waals surface area contributed by atoms with Crippen LogP contribution in [0.25, 0.3) is 0 Å². The van der Waals surface area contributed by atoms with E-state index >= 15 is 0 Å². The molecule has 1 fully saturated rings. The Labute approximate surface area is 115 Å². The molecule has 0 bridgehead atoms. The second-order valence-electron chi connectivity index (χ2n) is 5.58. The summed E-state index contributed by atoms with van der Waals surface area (Å²) in [5, 5.41) is 2.83. The molecular weight excluding hydrogens is 244 g/mol. The highest BCUT2D eigenvalue weighted by Crippen LogP contribution is 2.22. The predicted molar refractivity (Wildman–Crippen MR) is 73.4 cm³/mol. The molecule has 5 heteroatoms. The third-order valence-corrected chi connectivity index (χ3v) is 4.03. The lowest BCUT2D eigenvalue weighted by Gasteiger charge is -2.35. The van der Waals surface area contributed by atoms with E-state index in [1.165, 1.54) is 0 Å². The van der Waals surface area contributed by atoms with E-state index in [0.29, 0.717) is 12.8 Å². The highest BCUT2D eigenvalue weighted by atomic mass is 16.5. The third kappa shape index (κ3) is 3.93. The molecule has 0 unspecified atom stereocenters. The van der Waals surface area contributed by atoms with E-state index in [1.54, 1.807) is 0 Å². The van der Waals surface area contributed by atoms with Crippen molar-refractivity contribution >= 4 is 11.8 Å². The van der Waals surface area contributed by atoms with Crippen LogP contribution in [0.3, 0.4) is 0 Å². The Morgan fingerprint density at radius 1 is 1.42 bits per heavy atom. The van der Waals surface area contributed by atoms with Crippen LogP contribution < -0.4 is 11.1 Å². The molecular formula is C14H26N2O3. The minimum absolute atomic E-state index is 0.0247. The van der Waals surface area contributed by atoms with Crippen molar-refractivity contribution in [2.24, 2.45) is 11.7 Å². The monoisotopic (exact) mass is 270 g/mol. The molecule has 1 rings (SSSR count). The summed E-state index contributed by atoms with van der Waals surface area (Å²) in [6, 6.07) is 0. The van der Waals surface area contributed by atoms with E-state index in [9.17, 15) is 9.59 Å². The van der Waals surface area contributed by atoms with Crippen LogP contribution in [0.1, 0.15) is 52.9 Å². The Morgan fingerprint density at radius 3 is 2.53 bits per heavy atom. The summed E-state index contributed by atoms with van der Waals surface area (Å²) in [5.41, 5.74) is 4.53. The number of carbonyl (C=O) groups is 2. The van der Waals surface area contributed by atoms with Crippen LogP contribution in [0.4, 0.5) is 0 Å². The second-order valence-corrected chi connectivity index (χ2v) is 5.58. The van der Waals surface area contributed by atoms with Crippen molar-refractivity contribution < 1.29 is 14.3 Å². The maximum atomic E-state index is 12.1. The zero-order valence-corrected chi connectivity index (χ0v) is 12.2. The van der Waals surface area contributed by atoms with Gasteiger partial charge in [-0.15, -0.1) is 0 Å². The molecule has 1 saturated heterocycles. The van der Waals surface area contributed by atoms with Crippen molar-refractivity contribution in [1.29, 1.82) is 0 Å². The molecule has 0 aromatic carbocycles. The van der Waals surface area contributed by atoms with Gasteiger partial charge in [0.2, 0.25) is 11.8 Å². The molecule has 5 nitrogen and oxygen atoms in total. The first-order valence-corrected chi connectivity index (χ1v) is 7.15. The van der Waals surface area contributed by atoms with Gasteiger partial charge in [0.1, 0.15) is 5.54 Å². The maximum Gasteiger partial charge on any atom is 0.243 e. The van der Waals surface area contributed by atoms with Crippen molar-refractivity contribution in [1.82, 2.24) is 5.32 Å². The Kier molecular flexibility index (Phi) is 5.79. The maximum absolute atomic E-state index is 12.1. The lowest BCUT2D eigenvalue weighted by atomic mass is 9.83. The number of hydrogen-bond acceptors (Lipinski definition) is 3. The molecule has 0 radical (unpaired) electrons. The summed E-state index contributed by atoms with van der Waals surface area (Å²) >= 11 is 0. The molecule has 1 aliphatic heterocycles. The lowest BCUT2D eigenvalue weighted by Crippen LogP contribution is -2.60. The van der Waals surface area contributed by atoms with E-state index in [1.807, 2.05) is 20.8 Å². The second kappa shape index (κ2) is 6.89. The van der Waals surface area contributed by atoms with Gasteiger partial charge in [-0.05, 0) is 31.6 Å². The van der Waals surface area contributed by atoms with Gasteiger partial charge in [0.15, 0.2) is 0 Å². The molecule has 0 saturated carbocycles. The van der Waals surface area contributed by atoms with Crippen LogP contribution in [-0.4, -0.2) is 30.1 Å². The van der Waals surface area contributed by atoms with Gasteiger partial charge in [0.05, 0.1) is 12.5 Å². The van der Waals surface area contributed by atoms with Gasteiger partial charge in [0, 0.05) is 6.61 Å². The van der Waals surface area contributed by atoms with Crippen molar-refractivity contribution in [3.63, 3.8) is 0 Å². The summed E-state index contributed by atoms with van der Waals surface area (Å²) in [5.74, 6) is -0.657. The Balaban J connectivity index is 2.63. The van der Waals surface area contributed by atoms with Crippen molar-refractivity contribution in [2.45, 2.75) is 64.5 Å². The van der Waals surface area contributed by atoms with Gasteiger partial charge in [-0.25, -0.2) is 0 Å². The fourth-order valence-electron chi connectivity index (χ4n) is 2.64. The number of nitrogens with two attached hydrogens (primary N) is 1. The van der Waals surface area contributed by atoms with Gasteiger partial charge in [-0.1, -0.05) is 20.8 Å². The normalized spacial score (nSPS) is 22.8. The Hall–Kier alpha value is -1.10. The summed E-state index contributed by atoms with van der Waals surface area (Å²) < 4.78 is 5.54. The van der Waals surface area contributed by atoms with E-state index in [2.05, 4.69) is 5.32 Å². The quantitative estimate of drug-likeness (QED) is 0.764. The predicted octanol–water partition coefficient (Wildman–Crippen LogP) is 1.35. The van der Waals surface area contributed by atoms with Crippen LogP contribution in [0, 0.1) is 5.92 Å². The van der Waals surface area contributed by atoms with Gasteiger partial charge in [-0.2, -0.15) is 0 Å². The van der Waals surface area contributed by atoms with Gasteiger partial charge in [0.25, 0.3) is 0 Å². The number of nitrogens with one attached hydrogen (secondary N) is 1. The fraction of sp³-hybridized carbons (Fsp3) is 0.857. The highest BCUT2D eigenvalue weighted by Gasteiger charge is 2.39. The molecule has 0 aromatic heterocycles. The first-order valence-electron chi connectivity index (χ1n) is 7.15. The first-order chi connectivity index (χ1) is 8.92. The molecule has 1 heterocycles. The van der Waals surface area contributed by atoms with Crippen LogP contribution in [-0.2, 0) is 14.3 Å². The molecule has 19 heavy (non-hydrogen) atoms. The SMILES string of the molecule is CC[C@@](NC(=O)C[C@@H]1CCCCO1)(C(N)=O)C(C)C. The number of amides is 2. The van der Waals surface area contributed by atoms with Crippen molar-refractivity contribution in [3.05, 3.63) is 0 Å². The number of ether oxygens (including phenoxy) is 1. The van der Waals surface area contributed by atoms with Crippen LogP contribution >= 0.6 is 0 Å². The van der Waals surface area contributed by atoms with Gasteiger partial charge < -0.3 is 15.8 Å². The zero-order chi connectivity index (χ0) is 14.5. The average molecular weight is 270 g/mol. The molecule has 0 aromatic rings. The zero-order valence-electron chi connectivity index (χ0n) is 12.2. The smallest absolute Gasteiger partial charge is 0.243 e. The summed E-state index contributed by atoms with van der Waals surface area (Å²) in [6.07, 6.45) is 3.84. The molecule has 1 aliphatic rings. The van der Waals surface area contributed by atoms with Crippen LogP contribution in [0.2, 0.25) is 0 Å². The molecule has 0 aliphatic carbocycles. The van der Waals surface area contributed by atoms with E-state index < -0.39 is 11.4 Å². The van der Waals surface area contributed by atoms with Crippen molar-refractivity contribution in [2.75, 3.05) is 6.61 Å². The van der Waals surface area contributed by atoms with Gasteiger partial charge >= 0.3 is 0 Å². The molecule has 110 valence electrons. The molecule has 2 atom stereocenters. The van der Waals surface area contributed by atoms with E-state index in [0.717, 1.165) is 25.9 Å². The Bertz CT molecular complexity index is 325. The highest BCUT2D eigenvalue weighted by molar-refractivity contribution is 5.90. The Morgan fingerprint density at radius 2 is 2.11 bits per heavy atom. The number of carbonyl (C=O) groups excluding carboxylic acids is 2. The summed E-state index contributed by atoms with van der Waals surface area (Å²) in [7, 11) is 0. The molecule has 2 amide bonds. The van der Waals surface area contributed by atoms with E-state index in [4.69, 9.17) is 10.5 Å². The lowest BCUT2D eigenvalue weighted by molar-refractivity contribution is -0.135. The number of primary amides is 1. The third-order valence-electron chi connectivity index (χ3n) is 4.03. The fourth-order valence-corrected chi connectivity index (χ4v) is 2.64. The molecule has 0 spiro atoms. The minimum atomic E-state index is -0.953. The van der Waals surface area contributed by atoms with E-state index in [-0.39, 0.29) is 17.9 Å². The minimum Gasteiger partial charge on any atom is -0.378 e. The summed E-state index contributed by atoms with van der Waals surface area (Å²) in [4.78, 5) is 23.8. The van der Waals surface area contributed by atoms with Crippen LogP contribution in [0.5, 0.6) is 0 Å². The number of hydrogen-bond donors (Lipinski definition) is 2. The largest absolute Gasteiger partial charge is 0.378 e. The summed E-state index contributed by atoms with van der Waals surface area (Å²) in [6.45, 7) is 6.37. The first kappa shape index (κ1) is 16.0. The van der Waals surface area contributed by atoms with Crippen LogP contribution in [0.15, 0.2) is 0 Å². The van der Waals surface area contributed by atoms with Gasteiger partial charge in [-0.3, -0.25) is 9.59 Å². The topological polar surface area (TPSA) is 81.4 Å². The molecule has 3 N–H and O–H groups in total. The standard InChI is InChI=1S/C14H26N2O3/c1-4-14(10(2)3,13(15)18)16-12(17)9-11-7-5-6-8-19-11/h10-11H,4-9H2,1-3H3,(H2,15,18)(H,16,17)/t11-,14-/m0/s1. The van der Waals surface area contributed by atoms with Crippen molar-refractivity contribution in [3.8, 4) is 0 Å². The average Bonchev–Trinajstić information content (AvgIpc) is 2.36. The number of rotatable bonds is 6.